The van der Waals surface area contributed by atoms with Crippen LogP contribution >= 0.6 is 0 Å². The van der Waals surface area contributed by atoms with Crippen LogP contribution in [0.2, 0.25) is 0 Å². The molecule has 1 saturated heterocycles. The maximum absolute atomic E-state index is 12.7. The number of aryl methyl sites for hydroxylation is 2. The summed E-state index contributed by atoms with van der Waals surface area (Å²) in [6.07, 6.45) is 1.40. The maximum atomic E-state index is 12.7. The van der Waals surface area contributed by atoms with E-state index in [4.69, 9.17) is 10.5 Å². The zero-order valence-corrected chi connectivity index (χ0v) is 12.0. The van der Waals surface area contributed by atoms with Gasteiger partial charge in [-0.3, -0.25) is 9.48 Å². The summed E-state index contributed by atoms with van der Waals surface area (Å²) in [5.74, 6) is -0.633. The van der Waals surface area contributed by atoms with Crippen LogP contribution < -0.4 is 5.73 Å². The molecular formula is C13H20N4O3. The lowest BCUT2D eigenvalue weighted by Gasteiger charge is -2.23. The van der Waals surface area contributed by atoms with E-state index in [9.17, 15) is 9.59 Å². The van der Waals surface area contributed by atoms with Gasteiger partial charge >= 0.3 is 5.97 Å². The Kier molecular flexibility index (Phi) is 3.96. The fourth-order valence-corrected chi connectivity index (χ4v) is 2.58. The second-order valence-electron chi connectivity index (χ2n) is 4.84. The summed E-state index contributed by atoms with van der Waals surface area (Å²) in [5.41, 5.74) is 7.33. The van der Waals surface area contributed by atoms with Gasteiger partial charge in [-0.15, -0.1) is 0 Å². The van der Waals surface area contributed by atoms with E-state index in [0.717, 1.165) is 6.42 Å². The van der Waals surface area contributed by atoms with Gasteiger partial charge in [0.1, 0.15) is 11.7 Å². The molecule has 1 aliphatic heterocycles. The smallest absolute Gasteiger partial charge is 0.328 e. The highest BCUT2D eigenvalue weighted by Crippen LogP contribution is 2.25. The Morgan fingerprint density at radius 3 is 2.80 bits per heavy atom. The van der Waals surface area contributed by atoms with Crippen LogP contribution in [-0.4, -0.2) is 46.3 Å². The van der Waals surface area contributed by atoms with Gasteiger partial charge in [-0.1, -0.05) is 0 Å². The van der Waals surface area contributed by atoms with Crippen molar-refractivity contribution in [1.29, 1.82) is 0 Å². The van der Waals surface area contributed by atoms with Crippen LogP contribution in [0.4, 0.5) is 5.69 Å². The van der Waals surface area contributed by atoms with Gasteiger partial charge in [0.25, 0.3) is 5.91 Å². The predicted octanol–water partition coefficient (Wildman–Crippen LogP) is 0.571. The largest absolute Gasteiger partial charge is 0.467 e. The van der Waals surface area contributed by atoms with Crippen molar-refractivity contribution >= 4 is 17.6 Å². The summed E-state index contributed by atoms with van der Waals surface area (Å²) in [4.78, 5) is 25.9. The Morgan fingerprint density at radius 1 is 1.50 bits per heavy atom. The third-order valence-electron chi connectivity index (χ3n) is 3.66. The second-order valence-corrected chi connectivity index (χ2v) is 4.84. The molecule has 1 aromatic rings. The molecule has 2 rings (SSSR count). The van der Waals surface area contributed by atoms with Crippen LogP contribution in [0.15, 0.2) is 0 Å². The standard InChI is InChI=1S/C13H20N4O3/c1-4-17-11(10(14)8(2)15-17)12(18)16-7-5-6-9(16)13(19)20-3/h9H,4-7,14H2,1-3H3. The van der Waals surface area contributed by atoms with Gasteiger partial charge < -0.3 is 15.4 Å². The molecule has 0 spiro atoms. The quantitative estimate of drug-likeness (QED) is 0.817. The number of anilines is 1. The fraction of sp³-hybridized carbons (Fsp3) is 0.615. The van der Waals surface area contributed by atoms with Crippen LogP contribution in [0.5, 0.6) is 0 Å². The van der Waals surface area contributed by atoms with Gasteiger partial charge in [0, 0.05) is 13.1 Å². The molecule has 0 saturated carbocycles. The number of ether oxygens (including phenoxy) is 1. The van der Waals surface area contributed by atoms with E-state index in [1.54, 1.807) is 11.6 Å². The first-order valence-electron chi connectivity index (χ1n) is 6.72. The number of nitrogens with two attached hydrogens (primary N) is 1. The first kappa shape index (κ1) is 14.4. The lowest BCUT2D eigenvalue weighted by Crippen LogP contribution is -2.42. The normalized spacial score (nSPS) is 18.4. The van der Waals surface area contributed by atoms with Gasteiger partial charge in [0.05, 0.1) is 18.5 Å². The van der Waals surface area contributed by atoms with Crippen LogP contribution in [0, 0.1) is 6.92 Å². The van der Waals surface area contributed by atoms with E-state index in [2.05, 4.69) is 5.10 Å². The van der Waals surface area contributed by atoms with Crippen molar-refractivity contribution in [3.63, 3.8) is 0 Å². The average Bonchev–Trinajstić information content (AvgIpc) is 3.03. The Hall–Kier alpha value is -2.05. The van der Waals surface area contributed by atoms with E-state index in [1.165, 1.54) is 12.0 Å². The summed E-state index contributed by atoms with van der Waals surface area (Å²) < 4.78 is 6.34. The molecule has 7 nitrogen and oxygen atoms in total. The number of hydrogen-bond donors (Lipinski definition) is 1. The van der Waals surface area contributed by atoms with Gasteiger partial charge in [-0.2, -0.15) is 5.10 Å². The molecule has 2 heterocycles. The van der Waals surface area contributed by atoms with Crippen molar-refractivity contribution in [3.8, 4) is 0 Å². The minimum atomic E-state index is -0.521. The maximum Gasteiger partial charge on any atom is 0.328 e. The molecule has 1 unspecified atom stereocenters. The third-order valence-corrected chi connectivity index (χ3v) is 3.66. The molecule has 110 valence electrons. The summed E-state index contributed by atoms with van der Waals surface area (Å²) in [6, 6.07) is -0.521. The molecule has 2 N–H and O–H groups in total. The van der Waals surface area contributed by atoms with Crippen molar-refractivity contribution in [2.24, 2.45) is 0 Å². The molecule has 0 aromatic carbocycles. The summed E-state index contributed by atoms with van der Waals surface area (Å²) in [7, 11) is 1.33. The number of methoxy groups -OCH3 is 1. The van der Waals surface area contributed by atoms with Crippen molar-refractivity contribution < 1.29 is 14.3 Å². The summed E-state index contributed by atoms with van der Waals surface area (Å²) in [6.45, 7) is 4.74. The molecule has 1 aromatic heterocycles. The number of amides is 1. The first-order chi connectivity index (χ1) is 9.51. The highest BCUT2D eigenvalue weighted by Gasteiger charge is 2.37. The first-order valence-corrected chi connectivity index (χ1v) is 6.72. The van der Waals surface area contributed by atoms with Crippen molar-refractivity contribution in [1.82, 2.24) is 14.7 Å². The zero-order valence-electron chi connectivity index (χ0n) is 12.0. The molecule has 1 atom stereocenters. The van der Waals surface area contributed by atoms with E-state index >= 15 is 0 Å². The van der Waals surface area contributed by atoms with Crippen LogP contribution in [0.1, 0.15) is 35.9 Å². The summed E-state index contributed by atoms with van der Waals surface area (Å²) >= 11 is 0. The topological polar surface area (TPSA) is 90.5 Å². The van der Waals surface area contributed by atoms with Crippen LogP contribution in [0.25, 0.3) is 0 Å². The Morgan fingerprint density at radius 2 is 2.20 bits per heavy atom. The number of aromatic nitrogens is 2. The number of nitrogens with zero attached hydrogens (tertiary/aromatic N) is 3. The van der Waals surface area contributed by atoms with Gasteiger partial charge in [0.15, 0.2) is 0 Å². The molecule has 1 fully saturated rings. The lowest BCUT2D eigenvalue weighted by molar-refractivity contribution is -0.145. The number of nitrogen functional groups attached to an aromatic ring is 1. The van der Waals surface area contributed by atoms with E-state index < -0.39 is 6.04 Å². The van der Waals surface area contributed by atoms with Gasteiger partial charge in [0.2, 0.25) is 0 Å². The molecule has 1 amide bonds. The number of rotatable bonds is 3. The van der Waals surface area contributed by atoms with Gasteiger partial charge in [-0.25, -0.2) is 4.79 Å². The summed E-state index contributed by atoms with van der Waals surface area (Å²) in [5, 5.41) is 4.24. The van der Waals surface area contributed by atoms with Crippen molar-refractivity contribution in [2.45, 2.75) is 39.3 Å². The molecule has 0 radical (unpaired) electrons. The number of esters is 1. The van der Waals surface area contributed by atoms with Crippen LogP contribution in [-0.2, 0) is 16.1 Å². The fourth-order valence-electron chi connectivity index (χ4n) is 2.58. The minimum absolute atomic E-state index is 0.252. The zero-order chi connectivity index (χ0) is 14.9. The molecule has 7 heteroatoms. The molecule has 1 aliphatic rings. The molecule has 0 aliphatic carbocycles. The van der Waals surface area contributed by atoms with Crippen LogP contribution in [0.3, 0.4) is 0 Å². The molecule has 0 bridgehead atoms. The third kappa shape index (κ3) is 2.23. The lowest BCUT2D eigenvalue weighted by atomic mass is 10.2. The van der Waals surface area contributed by atoms with Gasteiger partial charge in [-0.05, 0) is 26.7 Å². The second kappa shape index (κ2) is 5.52. The van der Waals surface area contributed by atoms with E-state index in [0.29, 0.717) is 36.6 Å². The average molecular weight is 280 g/mol. The van der Waals surface area contributed by atoms with E-state index in [1.807, 2.05) is 6.92 Å². The van der Waals surface area contributed by atoms with Crippen molar-refractivity contribution in [3.05, 3.63) is 11.4 Å². The molecular weight excluding hydrogens is 260 g/mol. The van der Waals surface area contributed by atoms with E-state index in [-0.39, 0.29) is 11.9 Å². The number of carbonyl (C=O) groups is 2. The molecule has 20 heavy (non-hydrogen) atoms. The number of carbonyl (C=O) groups excluding carboxylic acids is 2. The predicted molar refractivity (Wildman–Crippen MR) is 73.1 cm³/mol. The Balaban J connectivity index is 2.34. The highest BCUT2D eigenvalue weighted by atomic mass is 16.5. The highest BCUT2D eigenvalue weighted by molar-refractivity contribution is 6.00. The van der Waals surface area contributed by atoms with Crippen molar-refractivity contribution in [2.75, 3.05) is 19.4 Å². The SMILES string of the molecule is CCn1nc(C)c(N)c1C(=O)N1CCCC1C(=O)OC. The number of hydrogen-bond acceptors (Lipinski definition) is 5. The Bertz CT molecular complexity index is 538. The number of likely N-dealkylation sites (tertiary alicyclic amines) is 1. The Labute approximate surface area is 117 Å². The minimum Gasteiger partial charge on any atom is -0.467 e. The monoisotopic (exact) mass is 280 g/mol.